The molecule has 0 radical (unpaired) electrons. The highest BCUT2D eigenvalue weighted by molar-refractivity contribution is 7.89. The van der Waals surface area contributed by atoms with Crippen LogP contribution in [0.3, 0.4) is 0 Å². The van der Waals surface area contributed by atoms with Gasteiger partial charge in [0.15, 0.2) is 11.5 Å². The zero-order valence-corrected chi connectivity index (χ0v) is 19.4. The highest BCUT2D eigenvalue weighted by Crippen LogP contribution is 2.36. The van der Waals surface area contributed by atoms with Gasteiger partial charge in [0.25, 0.3) is 0 Å². The van der Waals surface area contributed by atoms with Crippen LogP contribution in [0.15, 0.2) is 47.4 Å². The van der Waals surface area contributed by atoms with Gasteiger partial charge in [-0.3, -0.25) is 9.59 Å². The minimum absolute atomic E-state index is 0.0920. The molecule has 2 aromatic carbocycles. The van der Waals surface area contributed by atoms with E-state index < -0.39 is 15.9 Å². The van der Waals surface area contributed by atoms with Gasteiger partial charge < -0.3 is 19.7 Å². The number of rotatable bonds is 7. The Morgan fingerprint density at radius 1 is 1.06 bits per heavy atom. The molecule has 1 atom stereocenters. The molecule has 0 bridgehead atoms. The maximum absolute atomic E-state index is 12.8. The molecule has 33 heavy (non-hydrogen) atoms. The lowest BCUT2D eigenvalue weighted by atomic mass is 10.1. The molecule has 9 nitrogen and oxygen atoms in total. The van der Waals surface area contributed by atoms with Crippen LogP contribution in [-0.4, -0.2) is 57.4 Å². The van der Waals surface area contributed by atoms with E-state index in [0.717, 1.165) is 0 Å². The topological polar surface area (TPSA) is 105 Å². The van der Waals surface area contributed by atoms with Crippen LogP contribution in [0.1, 0.15) is 20.3 Å². The number of anilines is 2. The molecule has 10 heteroatoms. The summed E-state index contributed by atoms with van der Waals surface area (Å²) in [6.45, 7) is 5.52. The summed E-state index contributed by atoms with van der Waals surface area (Å²) in [5.41, 5.74) is 1.13. The lowest BCUT2D eigenvalue weighted by molar-refractivity contribution is -0.122. The summed E-state index contributed by atoms with van der Waals surface area (Å²) in [4.78, 5) is 27.1. The number of ether oxygens (including phenoxy) is 2. The van der Waals surface area contributed by atoms with Crippen molar-refractivity contribution in [3.8, 4) is 11.5 Å². The van der Waals surface area contributed by atoms with Crippen LogP contribution in [0.2, 0.25) is 0 Å². The van der Waals surface area contributed by atoms with Crippen LogP contribution in [0.25, 0.3) is 0 Å². The van der Waals surface area contributed by atoms with Gasteiger partial charge in [-0.2, -0.15) is 4.31 Å². The van der Waals surface area contributed by atoms with Gasteiger partial charge in [0.1, 0.15) is 13.2 Å². The molecule has 2 aliphatic rings. The Labute approximate surface area is 193 Å². The van der Waals surface area contributed by atoms with Gasteiger partial charge in [0, 0.05) is 43.5 Å². The molecular weight excluding hydrogens is 446 g/mol. The van der Waals surface area contributed by atoms with Crippen molar-refractivity contribution in [1.29, 1.82) is 0 Å². The third-order valence-corrected chi connectivity index (χ3v) is 7.86. The van der Waals surface area contributed by atoms with E-state index in [-0.39, 0.29) is 29.7 Å². The van der Waals surface area contributed by atoms with Crippen LogP contribution in [0, 0.1) is 5.92 Å². The first-order valence-corrected chi connectivity index (χ1v) is 12.4. The van der Waals surface area contributed by atoms with Crippen molar-refractivity contribution in [2.24, 2.45) is 5.92 Å². The number of nitrogens with one attached hydrogen (secondary N) is 1. The normalized spacial score (nSPS) is 18.0. The predicted octanol–water partition coefficient (Wildman–Crippen LogP) is 2.48. The summed E-state index contributed by atoms with van der Waals surface area (Å²) < 4.78 is 37.7. The molecule has 1 saturated heterocycles. The van der Waals surface area contributed by atoms with Crippen LogP contribution < -0.4 is 19.7 Å². The summed E-state index contributed by atoms with van der Waals surface area (Å²) in [7, 11) is -3.56. The van der Waals surface area contributed by atoms with E-state index in [1.54, 1.807) is 49.1 Å². The molecule has 0 spiro atoms. The number of hydrogen-bond acceptors (Lipinski definition) is 6. The quantitative estimate of drug-likeness (QED) is 0.662. The molecule has 1 N–H and O–H groups in total. The number of nitrogens with zero attached hydrogens (tertiary/aromatic N) is 2. The molecule has 2 aromatic rings. The van der Waals surface area contributed by atoms with Crippen molar-refractivity contribution in [2.75, 3.05) is 43.1 Å². The molecular formula is C23H27N3O6S. The Hall–Kier alpha value is -3.11. The maximum Gasteiger partial charge on any atom is 0.243 e. The van der Waals surface area contributed by atoms with Gasteiger partial charge in [-0.05, 0) is 36.4 Å². The first-order valence-electron chi connectivity index (χ1n) is 10.9. The van der Waals surface area contributed by atoms with Gasteiger partial charge in [0.2, 0.25) is 21.8 Å². The van der Waals surface area contributed by atoms with Gasteiger partial charge >= 0.3 is 0 Å². The largest absolute Gasteiger partial charge is 0.486 e. The minimum atomic E-state index is -3.56. The summed E-state index contributed by atoms with van der Waals surface area (Å²) in [6.07, 6.45) is 0.0920. The van der Waals surface area contributed by atoms with E-state index in [4.69, 9.17) is 9.47 Å². The molecule has 2 aliphatic heterocycles. The number of carbonyl (C=O) groups excluding carboxylic acids is 2. The first kappa shape index (κ1) is 23.1. The van der Waals surface area contributed by atoms with Crippen molar-refractivity contribution in [2.45, 2.75) is 25.2 Å². The van der Waals surface area contributed by atoms with Gasteiger partial charge in [-0.15, -0.1) is 0 Å². The second kappa shape index (κ2) is 9.40. The second-order valence-corrected chi connectivity index (χ2v) is 9.77. The molecule has 0 aromatic heterocycles. The smallest absolute Gasteiger partial charge is 0.243 e. The van der Waals surface area contributed by atoms with Crippen molar-refractivity contribution in [1.82, 2.24) is 4.31 Å². The number of carbonyl (C=O) groups is 2. The summed E-state index contributed by atoms with van der Waals surface area (Å²) in [5.74, 6) is 0.261. The van der Waals surface area contributed by atoms with Gasteiger partial charge in [-0.25, -0.2) is 8.42 Å². The monoisotopic (exact) mass is 473 g/mol. The number of sulfonamides is 1. The summed E-state index contributed by atoms with van der Waals surface area (Å²) >= 11 is 0. The average Bonchev–Trinajstić information content (AvgIpc) is 3.21. The number of amides is 2. The molecule has 176 valence electrons. The zero-order valence-electron chi connectivity index (χ0n) is 18.6. The van der Waals surface area contributed by atoms with Crippen LogP contribution >= 0.6 is 0 Å². The van der Waals surface area contributed by atoms with E-state index >= 15 is 0 Å². The fraction of sp³-hybridized carbons (Fsp3) is 0.391. The number of fused-ring (bicyclic) bond motifs is 1. The van der Waals surface area contributed by atoms with Gasteiger partial charge in [-0.1, -0.05) is 13.8 Å². The fourth-order valence-corrected chi connectivity index (χ4v) is 5.46. The molecule has 0 aliphatic carbocycles. The number of hydrogen-bond donors (Lipinski definition) is 1. The summed E-state index contributed by atoms with van der Waals surface area (Å²) in [5, 5.41) is 2.79. The van der Waals surface area contributed by atoms with E-state index in [0.29, 0.717) is 49.2 Å². The molecule has 2 heterocycles. The average molecular weight is 474 g/mol. The van der Waals surface area contributed by atoms with Crippen LogP contribution in [-0.2, 0) is 19.6 Å². The van der Waals surface area contributed by atoms with Gasteiger partial charge in [0.05, 0.1) is 10.8 Å². The Morgan fingerprint density at radius 2 is 1.73 bits per heavy atom. The standard InChI is InChI=1S/C23H27N3O6S/c1-3-25(4-2)33(29,30)19-8-5-17(6-9-19)24-23(28)16-13-22(27)26(15-16)18-7-10-20-21(14-18)32-12-11-31-20/h5-10,14,16H,3-4,11-13,15H2,1-2H3,(H,24,28)/t16-/m1/s1. The van der Waals surface area contributed by atoms with E-state index in [1.165, 1.54) is 16.4 Å². The Balaban J connectivity index is 1.42. The van der Waals surface area contributed by atoms with Crippen molar-refractivity contribution in [3.05, 3.63) is 42.5 Å². The Bertz CT molecular complexity index is 1150. The third-order valence-electron chi connectivity index (χ3n) is 5.80. The molecule has 1 fully saturated rings. The lowest BCUT2D eigenvalue weighted by Crippen LogP contribution is -2.30. The molecule has 4 rings (SSSR count). The zero-order chi connectivity index (χ0) is 23.6. The first-order chi connectivity index (χ1) is 15.8. The lowest BCUT2D eigenvalue weighted by Gasteiger charge is -2.22. The van der Waals surface area contributed by atoms with Crippen molar-refractivity contribution < 1.29 is 27.5 Å². The SMILES string of the molecule is CCN(CC)S(=O)(=O)c1ccc(NC(=O)[C@@H]2CC(=O)N(c3ccc4c(c3)OCCO4)C2)cc1. The van der Waals surface area contributed by atoms with E-state index in [9.17, 15) is 18.0 Å². The Kier molecular flexibility index (Phi) is 6.57. The van der Waals surface area contributed by atoms with Crippen molar-refractivity contribution >= 4 is 33.2 Å². The predicted molar refractivity (Wildman–Crippen MR) is 123 cm³/mol. The van der Waals surface area contributed by atoms with E-state index in [2.05, 4.69) is 5.32 Å². The van der Waals surface area contributed by atoms with Crippen LogP contribution in [0.5, 0.6) is 11.5 Å². The second-order valence-electron chi connectivity index (χ2n) is 7.84. The molecule has 2 amide bonds. The molecule has 0 unspecified atom stereocenters. The number of benzene rings is 2. The molecule has 0 saturated carbocycles. The summed E-state index contributed by atoms with van der Waals surface area (Å²) in [6, 6.07) is 11.4. The maximum atomic E-state index is 12.8. The minimum Gasteiger partial charge on any atom is -0.486 e. The van der Waals surface area contributed by atoms with Crippen LogP contribution in [0.4, 0.5) is 11.4 Å². The third kappa shape index (κ3) is 4.67. The van der Waals surface area contributed by atoms with E-state index in [1.807, 2.05) is 0 Å². The highest BCUT2D eigenvalue weighted by Gasteiger charge is 2.35. The Morgan fingerprint density at radius 3 is 2.39 bits per heavy atom. The van der Waals surface area contributed by atoms with Crippen molar-refractivity contribution in [3.63, 3.8) is 0 Å². The fourth-order valence-electron chi connectivity index (χ4n) is 4.00. The highest BCUT2D eigenvalue weighted by atomic mass is 32.2.